The second-order valence-electron chi connectivity index (χ2n) is 6.61. The van der Waals surface area contributed by atoms with Crippen LogP contribution in [0.1, 0.15) is 38.8 Å². The molecule has 0 saturated carbocycles. The maximum absolute atomic E-state index is 11.6. The summed E-state index contributed by atoms with van der Waals surface area (Å²) in [5, 5.41) is 6.11. The molecule has 0 saturated heterocycles. The predicted molar refractivity (Wildman–Crippen MR) is 88.4 cm³/mol. The standard InChI is InChI=1S/C17H25N3O2/c1-12-11-19-15(20-12)14-7-5-13(6-8-14)9-10-18-16(21)22-17(2,3)4/h5-8,12H,9-11H2,1-4H3,(H,18,21)(H,19,20)/t12-/m1/s1. The number of carbonyl (C=O) groups is 1. The molecule has 0 fully saturated rings. The zero-order valence-electron chi connectivity index (χ0n) is 13.8. The van der Waals surface area contributed by atoms with Gasteiger partial charge in [-0.05, 0) is 39.7 Å². The van der Waals surface area contributed by atoms with Gasteiger partial charge in [0.15, 0.2) is 0 Å². The van der Waals surface area contributed by atoms with Crippen molar-refractivity contribution in [2.24, 2.45) is 4.99 Å². The third-order valence-electron chi connectivity index (χ3n) is 3.22. The number of nitrogens with one attached hydrogen (secondary N) is 2. The lowest BCUT2D eigenvalue weighted by atomic mass is 10.1. The summed E-state index contributed by atoms with van der Waals surface area (Å²) in [5.41, 5.74) is 1.82. The number of ether oxygens (including phenoxy) is 1. The SMILES string of the molecule is C[C@@H]1CN=C(c2ccc(CCNC(=O)OC(C)(C)C)cc2)N1. The minimum Gasteiger partial charge on any atom is -0.444 e. The fourth-order valence-corrected chi connectivity index (χ4v) is 2.18. The smallest absolute Gasteiger partial charge is 0.407 e. The summed E-state index contributed by atoms with van der Waals surface area (Å²) < 4.78 is 5.20. The number of benzene rings is 1. The first-order valence-electron chi connectivity index (χ1n) is 7.70. The third kappa shape index (κ3) is 5.06. The number of amides is 1. The van der Waals surface area contributed by atoms with E-state index in [0.29, 0.717) is 12.6 Å². The Morgan fingerprint density at radius 2 is 2.05 bits per heavy atom. The molecule has 5 nitrogen and oxygen atoms in total. The maximum Gasteiger partial charge on any atom is 0.407 e. The minimum atomic E-state index is -0.460. The number of rotatable bonds is 4. The van der Waals surface area contributed by atoms with Crippen LogP contribution >= 0.6 is 0 Å². The first kappa shape index (κ1) is 16.3. The highest BCUT2D eigenvalue weighted by molar-refractivity contribution is 6.00. The number of amidine groups is 1. The number of nitrogens with zero attached hydrogens (tertiary/aromatic N) is 1. The molecular formula is C17H25N3O2. The Bertz CT molecular complexity index is 544. The molecule has 0 bridgehead atoms. The van der Waals surface area contributed by atoms with Crippen LogP contribution in [0.25, 0.3) is 0 Å². The van der Waals surface area contributed by atoms with Crippen LogP contribution in [0.5, 0.6) is 0 Å². The summed E-state index contributed by atoms with van der Waals surface area (Å²) in [4.78, 5) is 16.0. The monoisotopic (exact) mass is 303 g/mol. The number of hydrogen-bond acceptors (Lipinski definition) is 4. The maximum atomic E-state index is 11.6. The Morgan fingerprint density at radius 1 is 1.36 bits per heavy atom. The summed E-state index contributed by atoms with van der Waals surface area (Å²) in [6.07, 6.45) is 0.401. The molecule has 22 heavy (non-hydrogen) atoms. The number of carbonyl (C=O) groups excluding carboxylic acids is 1. The van der Waals surface area contributed by atoms with E-state index in [1.807, 2.05) is 20.8 Å². The topological polar surface area (TPSA) is 62.7 Å². The van der Waals surface area contributed by atoms with Crippen molar-refractivity contribution in [3.8, 4) is 0 Å². The molecule has 1 atom stereocenters. The zero-order chi connectivity index (χ0) is 16.2. The van der Waals surface area contributed by atoms with Crippen molar-refractivity contribution in [1.82, 2.24) is 10.6 Å². The van der Waals surface area contributed by atoms with E-state index >= 15 is 0 Å². The van der Waals surface area contributed by atoms with E-state index in [9.17, 15) is 4.79 Å². The second kappa shape index (κ2) is 6.81. The molecule has 0 spiro atoms. The van der Waals surface area contributed by atoms with Crippen LogP contribution in [-0.2, 0) is 11.2 Å². The summed E-state index contributed by atoms with van der Waals surface area (Å²) in [6.45, 7) is 9.07. The zero-order valence-corrected chi connectivity index (χ0v) is 13.8. The fraction of sp³-hybridized carbons (Fsp3) is 0.529. The van der Waals surface area contributed by atoms with E-state index in [1.165, 1.54) is 5.56 Å². The normalized spacial score (nSPS) is 17.6. The van der Waals surface area contributed by atoms with Crippen LogP contribution < -0.4 is 10.6 Å². The Balaban J connectivity index is 1.79. The molecule has 1 aliphatic heterocycles. The number of hydrogen-bond donors (Lipinski definition) is 2. The largest absolute Gasteiger partial charge is 0.444 e. The van der Waals surface area contributed by atoms with Gasteiger partial charge in [0.2, 0.25) is 0 Å². The van der Waals surface area contributed by atoms with Crippen molar-refractivity contribution in [2.75, 3.05) is 13.1 Å². The van der Waals surface area contributed by atoms with Crippen LogP contribution in [0.4, 0.5) is 4.79 Å². The van der Waals surface area contributed by atoms with E-state index in [-0.39, 0.29) is 6.09 Å². The van der Waals surface area contributed by atoms with Gasteiger partial charge in [-0.2, -0.15) is 0 Å². The quantitative estimate of drug-likeness (QED) is 0.898. The van der Waals surface area contributed by atoms with Crippen LogP contribution in [0.15, 0.2) is 29.3 Å². The highest BCUT2D eigenvalue weighted by atomic mass is 16.6. The first-order chi connectivity index (χ1) is 10.3. The van der Waals surface area contributed by atoms with Gasteiger partial charge in [0.25, 0.3) is 0 Å². The van der Waals surface area contributed by atoms with Gasteiger partial charge in [0.1, 0.15) is 11.4 Å². The number of alkyl carbamates (subject to hydrolysis) is 1. The molecule has 1 aromatic carbocycles. The van der Waals surface area contributed by atoms with Crippen LogP contribution in [0.3, 0.4) is 0 Å². The van der Waals surface area contributed by atoms with Crippen molar-refractivity contribution in [3.05, 3.63) is 35.4 Å². The molecule has 0 radical (unpaired) electrons. The van der Waals surface area contributed by atoms with Gasteiger partial charge in [-0.15, -0.1) is 0 Å². The van der Waals surface area contributed by atoms with E-state index in [0.717, 1.165) is 24.4 Å². The summed E-state index contributed by atoms with van der Waals surface area (Å²) in [6, 6.07) is 8.67. The average Bonchev–Trinajstić information content (AvgIpc) is 2.84. The fourth-order valence-electron chi connectivity index (χ4n) is 2.18. The molecule has 2 N–H and O–H groups in total. The Hall–Kier alpha value is -2.04. The first-order valence-corrected chi connectivity index (χ1v) is 7.70. The van der Waals surface area contributed by atoms with E-state index in [2.05, 4.69) is 46.8 Å². The van der Waals surface area contributed by atoms with Crippen LogP contribution in [0, 0.1) is 0 Å². The van der Waals surface area contributed by atoms with E-state index in [4.69, 9.17) is 4.74 Å². The van der Waals surface area contributed by atoms with Crippen LogP contribution in [0.2, 0.25) is 0 Å². The highest BCUT2D eigenvalue weighted by Crippen LogP contribution is 2.09. The van der Waals surface area contributed by atoms with Gasteiger partial charge < -0.3 is 15.4 Å². The summed E-state index contributed by atoms with van der Waals surface area (Å²) in [7, 11) is 0. The Kier molecular flexibility index (Phi) is 5.06. The van der Waals surface area contributed by atoms with Gasteiger partial charge in [-0.25, -0.2) is 4.79 Å². The average molecular weight is 303 g/mol. The van der Waals surface area contributed by atoms with Crippen molar-refractivity contribution in [3.63, 3.8) is 0 Å². The van der Waals surface area contributed by atoms with Crippen molar-refractivity contribution >= 4 is 11.9 Å². The second-order valence-corrected chi connectivity index (χ2v) is 6.61. The van der Waals surface area contributed by atoms with Gasteiger partial charge in [0.05, 0.1) is 6.54 Å². The molecule has 0 aliphatic carbocycles. The van der Waals surface area contributed by atoms with Crippen molar-refractivity contribution in [1.29, 1.82) is 0 Å². The lowest BCUT2D eigenvalue weighted by molar-refractivity contribution is 0.0528. The molecule has 0 aromatic heterocycles. The Labute approximate surface area is 132 Å². The highest BCUT2D eigenvalue weighted by Gasteiger charge is 2.16. The van der Waals surface area contributed by atoms with Crippen molar-refractivity contribution < 1.29 is 9.53 Å². The molecule has 2 rings (SSSR count). The minimum absolute atomic E-state index is 0.373. The van der Waals surface area contributed by atoms with Crippen LogP contribution in [-0.4, -0.2) is 36.7 Å². The predicted octanol–water partition coefficient (Wildman–Crippen LogP) is 2.49. The molecule has 1 aliphatic rings. The lowest BCUT2D eigenvalue weighted by Gasteiger charge is -2.19. The molecular weight excluding hydrogens is 278 g/mol. The van der Waals surface area contributed by atoms with Gasteiger partial charge in [0, 0.05) is 18.2 Å². The van der Waals surface area contributed by atoms with Gasteiger partial charge in [-0.1, -0.05) is 24.3 Å². The molecule has 0 unspecified atom stereocenters. The number of aliphatic imine (C=N–C) groups is 1. The molecule has 1 amide bonds. The molecule has 1 aromatic rings. The molecule has 5 heteroatoms. The van der Waals surface area contributed by atoms with E-state index in [1.54, 1.807) is 0 Å². The summed E-state index contributed by atoms with van der Waals surface area (Å²) in [5.74, 6) is 0.964. The molecule has 120 valence electrons. The Morgan fingerprint density at radius 3 is 2.59 bits per heavy atom. The van der Waals surface area contributed by atoms with Crippen molar-refractivity contribution in [2.45, 2.75) is 45.8 Å². The molecule has 1 heterocycles. The van der Waals surface area contributed by atoms with E-state index < -0.39 is 5.60 Å². The van der Waals surface area contributed by atoms with Gasteiger partial charge >= 0.3 is 6.09 Å². The third-order valence-corrected chi connectivity index (χ3v) is 3.22. The van der Waals surface area contributed by atoms with Gasteiger partial charge in [-0.3, -0.25) is 4.99 Å². The lowest BCUT2D eigenvalue weighted by Crippen LogP contribution is -2.33. The summed E-state index contributed by atoms with van der Waals surface area (Å²) >= 11 is 0.